The van der Waals surface area contributed by atoms with Crippen LogP contribution in [0.2, 0.25) is 4.34 Å². The van der Waals surface area contributed by atoms with Crippen molar-refractivity contribution < 1.29 is 23.8 Å². The van der Waals surface area contributed by atoms with E-state index in [1.807, 2.05) is 0 Å². The molecule has 0 aliphatic carbocycles. The van der Waals surface area contributed by atoms with Crippen LogP contribution in [0.25, 0.3) is 0 Å². The van der Waals surface area contributed by atoms with Gasteiger partial charge >= 0.3 is 5.97 Å². The fourth-order valence-electron chi connectivity index (χ4n) is 1.91. The van der Waals surface area contributed by atoms with Crippen molar-refractivity contribution in [2.75, 3.05) is 12.1 Å². The second-order valence-corrected chi connectivity index (χ2v) is 6.42. The van der Waals surface area contributed by atoms with E-state index in [9.17, 15) is 9.59 Å². The van der Waals surface area contributed by atoms with Gasteiger partial charge in [0.15, 0.2) is 17.6 Å². The van der Waals surface area contributed by atoms with Gasteiger partial charge in [-0.05, 0) is 31.2 Å². The van der Waals surface area contributed by atoms with Gasteiger partial charge in [-0.3, -0.25) is 4.79 Å². The summed E-state index contributed by atoms with van der Waals surface area (Å²) in [6.45, 7) is 1.65. The zero-order chi connectivity index (χ0) is 16.4. The van der Waals surface area contributed by atoms with Gasteiger partial charge in [0.05, 0.1) is 4.34 Å². The van der Waals surface area contributed by atoms with Gasteiger partial charge in [-0.1, -0.05) is 11.6 Å². The molecular formula is C15H12ClNO5S. The molecule has 0 saturated carbocycles. The molecule has 1 N–H and O–H groups in total. The molecular weight excluding hydrogens is 342 g/mol. The number of hydrogen-bond acceptors (Lipinski definition) is 6. The zero-order valence-electron chi connectivity index (χ0n) is 12.0. The molecule has 1 amide bonds. The van der Waals surface area contributed by atoms with E-state index in [0.717, 1.165) is 11.3 Å². The Kier molecular flexibility index (Phi) is 4.40. The first-order valence-corrected chi connectivity index (χ1v) is 7.89. The number of carbonyl (C=O) groups is 2. The molecule has 0 bridgehead atoms. The van der Waals surface area contributed by atoms with Crippen LogP contribution < -0.4 is 14.8 Å². The standard InChI is InChI=1S/C15H12ClNO5S/c1-8(22-15(19)12-4-5-13(16)23-12)14(18)17-9-2-3-10-11(6-9)21-7-20-10/h2-6,8H,7H2,1H3,(H,17,18)/t8-/m1/s1. The van der Waals surface area contributed by atoms with E-state index in [1.165, 1.54) is 6.92 Å². The largest absolute Gasteiger partial charge is 0.454 e. The van der Waals surface area contributed by atoms with Crippen molar-refractivity contribution >= 4 is 40.5 Å². The number of nitrogens with one attached hydrogen (secondary N) is 1. The maximum Gasteiger partial charge on any atom is 0.349 e. The molecule has 0 spiro atoms. The summed E-state index contributed by atoms with van der Waals surface area (Å²) in [5.41, 5.74) is 0.529. The summed E-state index contributed by atoms with van der Waals surface area (Å²) in [4.78, 5) is 24.3. The first-order valence-electron chi connectivity index (χ1n) is 6.70. The number of ether oxygens (including phenoxy) is 3. The topological polar surface area (TPSA) is 73.9 Å². The second kappa shape index (κ2) is 6.47. The Morgan fingerprint density at radius 2 is 2.04 bits per heavy atom. The Hall–Kier alpha value is -2.25. The normalized spacial score (nSPS) is 13.5. The summed E-state index contributed by atoms with van der Waals surface area (Å²) >= 11 is 6.86. The fourth-order valence-corrected chi connectivity index (χ4v) is 2.84. The van der Waals surface area contributed by atoms with Crippen molar-refractivity contribution in [2.24, 2.45) is 0 Å². The number of carbonyl (C=O) groups excluding carboxylic acids is 2. The van der Waals surface area contributed by atoms with E-state index in [-0.39, 0.29) is 6.79 Å². The van der Waals surface area contributed by atoms with E-state index in [4.69, 9.17) is 25.8 Å². The Balaban J connectivity index is 1.60. The summed E-state index contributed by atoms with van der Waals surface area (Å²) in [5, 5.41) is 2.66. The van der Waals surface area contributed by atoms with Crippen LogP contribution in [0.5, 0.6) is 11.5 Å². The highest BCUT2D eigenvalue weighted by Gasteiger charge is 2.21. The lowest BCUT2D eigenvalue weighted by atomic mass is 10.2. The maximum absolute atomic E-state index is 12.1. The first-order chi connectivity index (χ1) is 11.0. The Bertz CT molecular complexity index is 760. The van der Waals surface area contributed by atoms with Gasteiger partial charge in [0.2, 0.25) is 6.79 Å². The van der Waals surface area contributed by atoms with Gasteiger partial charge in [-0.2, -0.15) is 0 Å². The molecule has 2 aromatic rings. The molecule has 23 heavy (non-hydrogen) atoms. The number of benzene rings is 1. The second-order valence-electron chi connectivity index (χ2n) is 4.71. The van der Waals surface area contributed by atoms with Gasteiger partial charge in [0, 0.05) is 11.8 Å². The summed E-state index contributed by atoms with van der Waals surface area (Å²) in [6, 6.07) is 8.17. The molecule has 8 heteroatoms. The smallest absolute Gasteiger partial charge is 0.349 e. The third-order valence-corrected chi connectivity index (χ3v) is 4.28. The molecule has 2 heterocycles. The van der Waals surface area contributed by atoms with E-state index in [1.54, 1.807) is 30.3 Å². The van der Waals surface area contributed by atoms with Gasteiger partial charge < -0.3 is 19.5 Å². The number of halogens is 1. The molecule has 1 aromatic heterocycles. The van der Waals surface area contributed by atoms with E-state index >= 15 is 0 Å². The summed E-state index contributed by atoms with van der Waals surface area (Å²) in [6.07, 6.45) is -0.950. The quantitative estimate of drug-likeness (QED) is 0.853. The van der Waals surface area contributed by atoms with Crippen LogP contribution in [-0.2, 0) is 9.53 Å². The summed E-state index contributed by atoms with van der Waals surface area (Å²) < 4.78 is 16.0. The number of anilines is 1. The predicted octanol–water partition coefficient (Wildman–Crippen LogP) is 3.31. The monoisotopic (exact) mass is 353 g/mol. The molecule has 0 fully saturated rings. The number of esters is 1. The van der Waals surface area contributed by atoms with Crippen molar-refractivity contribution in [1.82, 2.24) is 0 Å². The Morgan fingerprint density at radius 1 is 1.26 bits per heavy atom. The van der Waals surface area contributed by atoms with Crippen LogP contribution in [0, 0.1) is 0 Å². The molecule has 0 saturated heterocycles. The molecule has 0 radical (unpaired) electrons. The van der Waals surface area contributed by atoms with Crippen molar-refractivity contribution in [3.05, 3.63) is 39.5 Å². The molecule has 3 rings (SSSR count). The highest BCUT2D eigenvalue weighted by Crippen LogP contribution is 2.34. The first kappa shape index (κ1) is 15.6. The Labute approximate surface area is 140 Å². The van der Waals surface area contributed by atoms with Crippen LogP contribution in [0.15, 0.2) is 30.3 Å². The number of hydrogen-bond donors (Lipinski definition) is 1. The van der Waals surface area contributed by atoms with Crippen molar-refractivity contribution in [2.45, 2.75) is 13.0 Å². The molecule has 1 aromatic carbocycles. The van der Waals surface area contributed by atoms with Gasteiger partial charge in [-0.15, -0.1) is 11.3 Å². The van der Waals surface area contributed by atoms with Crippen molar-refractivity contribution in [3.63, 3.8) is 0 Å². The number of fused-ring (bicyclic) bond motifs is 1. The zero-order valence-corrected chi connectivity index (χ0v) is 13.6. The highest BCUT2D eigenvalue weighted by atomic mass is 35.5. The minimum Gasteiger partial charge on any atom is -0.454 e. The van der Waals surface area contributed by atoms with Crippen LogP contribution in [0.3, 0.4) is 0 Å². The third-order valence-electron chi connectivity index (χ3n) is 3.07. The fraction of sp³-hybridized carbons (Fsp3) is 0.200. The van der Waals surface area contributed by atoms with Gasteiger partial charge in [0.25, 0.3) is 5.91 Å². The Morgan fingerprint density at radius 3 is 2.78 bits per heavy atom. The highest BCUT2D eigenvalue weighted by molar-refractivity contribution is 7.17. The number of thiophene rings is 1. The number of amides is 1. The van der Waals surface area contributed by atoms with Crippen molar-refractivity contribution in [3.8, 4) is 11.5 Å². The summed E-state index contributed by atoms with van der Waals surface area (Å²) in [5.74, 6) is 0.146. The third kappa shape index (κ3) is 3.57. The van der Waals surface area contributed by atoms with Crippen LogP contribution >= 0.6 is 22.9 Å². The average molecular weight is 354 g/mol. The average Bonchev–Trinajstić information content (AvgIpc) is 3.15. The van der Waals surface area contributed by atoms with E-state index in [2.05, 4.69) is 5.32 Å². The predicted molar refractivity (Wildman–Crippen MR) is 85.4 cm³/mol. The molecule has 1 aliphatic heterocycles. The minimum absolute atomic E-state index is 0.157. The van der Waals surface area contributed by atoms with Crippen LogP contribution in [-0.4, -0.2) is 24.8 Å². The van der Waals surface area contributed by atoms with E-state index < -0.39 is 18.0 Å². The lowest BCUT2D eigenvalue weighted by Crippen LogP contribution is -2.29. The molecule has 0 unspecified atom stereocenters. The van der Waals surface area contributed by atoms with Gasteiger partial charge in [0.1, 0.15) is 4.88 Å². The maximum atomic E-state index is 12.1. The summed E-state index contributed by atoms with van der Waals surface area (Å²) in [7, 11) is 0. The number of rotatable bonds is 4. The van der Waals surface area contributed by atoms with Crippen LogP contribution in [0.1, 0.15) is 16.6 Å². The molecule has 1 atom stereocenters. The van der Waals surface area contributed by atoms with Gasteiger partial charge in [-0.25, -0.2) is 4.79 Å². The lowest BCUT2D eigenvalue weighted by Gasteiger charge is -2.13. The van der Waals surface area contributed by atoms with Crippen molar-refractivity contribution in [1.29, 1.82) is 0 Å². The minimum atomic E-state index is -0.950. The molecule has 1 aliphatic rings. The molecule has 6 nitrogen and oxygen atoms in total. The van der Waals surface area contributed by atoms with E-state index in [0.29, 0.717) is 26.4 Å². The lowest BCUT2D eigenvalue weighted by molar-refractivity contribution is -0.123. The molecule has 120 valence electrons. The SMILES string of the molecule is C[C@@H](OC(=O)c1ccc(Cl)s1)C(=O)Nc1ccc2c(c1)OCO2. The van der Waals surface area contributed by atoms with Crippen LogP contribution in [0.4, 0.5) is 5.69 Å².